The third-order valence-electron chi connectivity index (χ3n) is 7.85. The molecule has 7 nitrogen and oxygen atoms in total. The molecule has 3 rings (SSSR count). The quantitative estimate of drug-likeness (QED) is 0.0731. The Morgan fingerprint density at radius 2 is 1.38 bits per heavy atom. The Morgan fingerprint density at radius 1 is 0.809 bits per heavy atom. The molecular formula is C36H44F4N2O5. The SMILES string of the molecule is CCCCCCCCOc1cnc(-c2ccc(C(=O)O)c(-c3ccc(C(=O)OC(CCCCCCCC)C(F)(F)F)cc3)c2F)nc1. The maximum absolute atomic E-state index is 15.9. The number of unbranched alkanes of at least 4 members (excludes halogenated alkanes) is 10. The van der Waals surface area contributed by atoms with Gasteiger partial charge < -0.3 is 14.6 Å². The fraction of sp³-hybridized carbons (Fsp3) is 0.500. The number of carbonyl (C=O) groups excluding carboxylic acids is 1. The van der Waals surface area contributed by atoms with Crippen molar-refractivity contribution in [3.63, 3.8) is 0 Å². The molecule has 0 aliphatic heterocycles. The first-order valence-electron chi connectivity index (χ1n) is 16.5. The number of esters is 1. The van der Waals surface area contributed by atoms with Crippen molar-refractivity contribution in [2.75, 3.05) is 6.61 Å². The Bertz CT molecular complexity index is 1410. The zero-order valence-corrected chi connectivity index (χ0v) is 27.1. The minimum absolute atomic E-state index is 0.0105. The lowest BCUT2D eigenvalue weighted by molar-refractivity contribution is -0.206. The Kier molecular flexibility index (Phi) is 15.1. The van der Waals surface area contributed by atoms with Crippen molar-refractivity contribution < 1.29 is 41.7 Å². The zero-order valence-electron chi connectivity index (χ0n) is 27.1. The third kappa shape index (κ3) is 11.6. The summed E-state index contributed by atoms with van der Waals surface area (Å²) < 4.78 is 67.3. The van der Waals surface area contributed by atoms with Crippen LogP contribution in [0.2, 0.25) is 0 Å². The summed E-state index contributed by atoms with van der Waals surface area (Å²) in [5.74, 6) is -3.04. The van der Waals surface area contributed by atoms with E-state index in [1.807, 2.05) is 6.92 Å². The molecule has 2 aromatic carbocycles. The number of aromatic nitrogens is 2. The first kappa shape index (κ1) is 37.4. The number of alkyl halides is 3. The molecular weight excluding hydrogens is 616 g/mol. The van der Waals surface area contributed by atoms with Gasteiger partial charge in [-0.05, 0) is 49.1 Å². The third-order valence-corrected chi connectivity index (χ3v) is 7.85. The molecule has 1 atom stereocenters. The number of benzene rings is 2. The summed E-state index contributed by atoms with van der Waals surface area (Å²) in [4.78, 5) is 33.1. The monoisotopic (exact) mass is 660 g/mol. The molecule has 0 spiro atoms. The lowest BCUT2D eigenvalue weighted by atomic mass is 9.95. The van der Waals surface area contributed by atoms with Gasteiger partial charge in [0.2, 0.25) is 0 Å². The number of carbonyl (C=O) groups is 2. The van der Waals surface area contributed by atoms with Gasteiger partial charge in [-0.15, -0.1) is 0 Å². The van der Waals surface area contributed by atoms with Gasteiger partial charge >= 0.3 is 18.1 Å². The highest BCUT2D eigenvalue weighted by atomic mass is 19.4. The van der Waals surface area contributed by atoms with E-state index >= 15 is 4.39 Å². The number of halogens is 4. The highest BCUT2D eigenvalue weighted by Gasteiger charge is 2.42. The van der Waals surface area contributed by atoms with E-state index in [-0.39, 0.29) is 46.5 Å². The van der Waals surface area contributed by atoms with Crippen LogP contribution in [0.5, 0.6) is 5.75 Å². The Hall–Kier alpha value is -4.02. The number of nitrogens with zero attached hydrogens (tertiary/aromatic N) is 2. The van der Waals surface area contributed by atoms with Crippen LogP contribution in [0.1, 0.15) is 118 Å². The molecule has 256 valence electrons. The topological polar surface area (TPSA) is 98.6 Å². The average molecular weight is 661 g/mol. The van der Waals surface area contributed by atoms with E-state index in [0.29, 0.717) is 18.8 Å². The van der Waals surface area contributed by atoms with Gasteiger partial charge in [-0.2, -0.15) is 13.2 Å². The van der Waals surface area contributed by atoms with Crippen molar-refractivity contribution in [2.24, 2.45) is 0 Å². The van der Waals surface area contributed by atoms with Gasteiger partial charge in [-0.25, -0.2) is 23.9 Å². The number of aromatic carboxylic acids is 1. The molecule has 1 N–H and O–H groups in total. The number of ether oxygens (including phenoxy) is 2. The maximum atomic E-state index is 15.9. The van der Waals surface area contributed by atoms with Crippen LogP contribution in [-0.4, -0.2) is 45.9 Å². The van der Waals surface area contributed by atoms with Crippen molar-refractivity contribution in [1.82, 2.24) is 9.97 Å². The molecule has 1 aromatic heterocycles. The first-order chi connectivity index (χ1) is 22.6. The second kappa shape index (κ2) is 19.0. The standard InChI is InChI=1S/C36H44F4N2O5/c1-3-5-7-9-11-13-15-30(36(38,39)40)47-35(45)26-18-16-25(17-19-26)31-28(34(43)44)20-21-29(32(31)37)33-41-23-27(24-42-33)46-22-14-12-10-8-6-4-2/h16-21,23-24,30H,3-15,22H2,1-2H3,(H,43,44). The Labute approximate surface area is 273 Å². The Morgan fingerprint density at radius 3 is 1.96 bits per heavy atom. The fourth-order valence-electron chi connectivity index (χ4n) is 5.18. The summed E-state index contributed by atoms with van der Waals surface area (Å²) in [7, 11) is 0. The largest absolute Gasteiger partial charge is 0.490 e. The van der Waals surface area contributed by atoms with Gasteiger partial charge in [0.15, 0.2) is 17.7 Å². The Balaban J connectivity index is 1.72. The minimum Gasteiger partial charge on any atom is -0.490 e. The summed E-state index contributed by atoms with van der Waals surface area (Å²) in [6.45, 7) is 4.71. The van der Waals surface area contributed by atoms with Crippen LogP contribution in [0.15, 0.2) is 48.8 Å². The molecule has 3 aromatic rings. The van der Waals surface area contributed by atoms with Crippen LogP contribution in [-0.2, 0) is 4.74 Å². The highest BCUT2D eigenvalue weighted by molar-refractivity contribution is 5.98. The molecule has 0 bridgehead atoms. The number of rotatable bonds is 20. The van der Waals surface area contributed by atoms with Crippen LogP contribution in [0.3, 0.4) is 0 Å². The summed E-state index contributed by atoms with van der Waals surface area (Å²) in [6.07, 6.45) is 6.89. The lowest BCUT2D eigenvalue weighted by Gasteiger charge is -2.21. The van der Waals surface area contributed by atoms with Crippen molar-refractivity contribution in [2.45, 2.75) is 110 Å². The van der Waals surface area contributed by atoms with Gasteiger partial charge in [0, 0.05) is 5.56 Å². The number of hydrogen-bond donors (Lipinski definition) is 1. The molecule has 0 saturated carbocycles. The molecule has 0 aliphatic rings. The van der Waals surface area contributed by atoms with Crippen molar-refractivity contribution >= 4 is 11.9 Å². The maximum Gasteiger partial charge on any atom is 0.425 e. The van der Waals surface area contributed by atoms with Gasteiger partial charge in [0.1, 0.15) is 5.82 Å². The second-order valence-electron chi connectivity index (χ2n) is 11.6. The second-order valence-corrected chi connectivity index (χ2v) is 11.6. The molecule has 1 heterocycles. The van der Waals surface area contributed by atoms with Crippen LogP contribution in [0.25, 0.3) is 22.5 Å². The van der Waals surface area contributed by atoms with Gasteiger partial charge in [-0.1, -0.05) is 90.2 Å². The van der Waals surface area contributed by atoms with E-state index in [9.17, 15) is 27.9 Å². The van der Waals surface area contributed by atoms with Crippen LogP contribution < -0.4 is 4.74 Å². The number of hydrogen-bond acceptors (Lipinski definition) is 6. The van der Waals surface area contributed by atoms with Gasteiger partial charge in [0.05, 0.1) is 35.7 Å². The predicted octanol–water partition coefficient (Wildman–Crippen LogP) is 10.2. The van der Waals surface area contributed by atoms with Crippen LogP contribution in [0, 0.1) is 5.82 Å². The predicted molar refractivity (Wildman–Crippen MR) is 172 cm³/mol. The van der Waals surface area contributed by atoms with Crippen LogP contribution >= 0.6 is 0 Å². The van der Waals surface area contributed by atoms with E-state index in [1.165, 1.54) is 68.1 Å². The molecule has 0 aliphatic carbocycles. The van der Waals surface area contributed by atoms with E-state index < -0.39 is 30.0 Å². The number of carboxylic acid groups (broad SMARTS) is 1. The molecule has 11 heteroatoms. The van der Waals surface area contributed by atoms with E-state index in [2.05, 4.69) is 16.9 Å². The highest BCUT2D eigenvalue weighted by Crippen LogP contribution is 2.34. The minimum atomic E-state index is -4.72. The number of carboxylic acids is 1. The summed E-state index contributed by atoms with van der Waals surface area (Å²) in [6, 6.07) is 7.38. The fourth-order valence-corrected chi connectivity index (χ4v) is 5.18. The van der Waals surface area contributed by atoms with Gasteiger partial charge in [-0.3, -0.25) is 0 Å². The van der Waals surface area contributed by atoms with E-state index in [1.54, 1.807) is 0 Å². The molecule has 0 saturated heterocycles. The molecule has 0 amide bonds. The average Bonchev–Trinajstić information content (AvgIpc) is 3.05. The van der Waals surface area contributed by atoms with E-state index in [0.717, 1.165) is 44.9 Å². The van der Waals surface area contributed by atoms with Crippen molar-refractivity contribution in [1.29, 1.82) is 0 Å². The van der Waals surface area contributed by atoms with Crippen molar-refractivity contribution in [3.05, 3.63) is 65.7 Å². The van der Waals surface area contributed by atoms with Gasteiger partial charge in [0.25, 0.3) is 0 Å². The molecule has 0 radical (unpaired) electrons. The summed E-state index contributed by atoms with van der Waals surface area (Å²) >= 11 is 0. The molecule has 0 fully saturated rings. The van der Waals surface area contributed by atoms with Crippen molar-refractivity contribution in [3.8, 4) is 28.3 Å². The first-order valence-corrected chi connectivity index (χ1v) is 16.5. The normalized spacial score (nSPS) is 12.1. The van der Waals surface area contributed by atoms with Crippen LogP contribution in [0.4, 0.5) is 17.6 Å². The zero-order chi connectivity index (χ0) is 34.2. The van der Waals surface area contributed by atoms with E-state index in [4.69, 9.17) is 9.47 Å². The summed E-state index contributed by atoms with van der Waals surface area (Å²) in [5, 5.41) is 9.77. The lowest BCUT2D eigenvalue weighted by Crippen LogP contribution is -2.33. The smallest absolute Gasteiger partial charge is 0.425 e. The summed E-state index contributed by atoms with van der Waals surface area (Å²) in [5.41, 5.74) is -0.774. The molecule has 47 heavy (non-hydrogen) atoms. The molecule has 1 unspecified atom stereocenters.